The molecule has 0 aromatic heterocycles. The summed E-state index contributed by atoms with van der Waals surface area (Å²) in [4.78, 5) is 0. The molecule has 2 heteroatoms. The Morgan fingerprint density at radius 3 is 2.50 bits per heavy atom. The minimum atomic E-state index is 0.498. The Labute approximate surface area is 113 Å². The van der Waals surface area contributed by atoms with E-state index in [0.717, 1.165) is 17.9 Å². The Morgan fingerprint density at radius 1 is 1.00 bits per heavy atom. The lowest BCUT2D eigenvalue weighted by atomic mass is 9.77. The maximum absolute atomic E-state index is 5.54. The molecule has 0 aromatic rings. The third kappa shape index (κ3) is 3.71. The van der Waals surface area contributed by atoms with E-state index in [0.29, 0.717) is 12.1 Å². The standard InChI is InChI=1S/C16H31NO/c1-12(2)15-9-4-5-10-16(15)17-13-7-6-8-14(11-13)18-3/h12-17H,4-11H2,1-3H3. The van der Waals surface area contributed by atoms with E-state index in [1.54, 1.807) is 0 Å². The summed E-state index contributed by atoms with van der Waals surface area (Å²) in [6.07, 6.45) is 11.3. The fraction of sp³-hybridized carbons (Fsp3) is 1.00. The minimum absolute atomic E-state index is 0.498. The van der Waals surface area contributed by atoms with Crippen LogP contribution in [0.15, 0.2) is 0 Å². The lowest BCUT2D eigenvalue weighted by molar-refractivity contribution is 0.0520. The molecule has 0 saturated heterocycles. The molecule has 4 atom stereocenters. The third-order valence-electron chi connectivity index (χ3n) is 5.08. The largest absolute Gasteiger partial charge is 0.381 e. The molecule has 0 heterocycles. The van der Waals surface area contributed by atoms with E-state index >= 15 is 0 Å². The summed E-state index contributed by atoms with van der Waals surface area (Å²) in [5.41, 5.74) is 0. The van der Waals surface area contributed by atoms with Crippen LogP contribution in [0.25, 0.3) is 0 Å². The molecule has 2 saturated carbocycles. The van der Waals surface area contributed by atoms with Gasteiger partial charge in [0.15, 0.2) is 0 Å². The second-order valence-corrected chi connectivity index (χ2v) is 6.69. The van der Waals surface area contributed by atoms with Crippen LogP contribution in [-0.4, -0.2) is 25.3 Å². The normalized spacial score (nSPS) is 38.0. The summed E-state index contributed by atoms with van der Waals surface area (Å²) < 4.78 is 5.54. The lowest BCUT2D eigenvalue weighted by Crippen LogP contribution is -2.48. The fourth-order valence-electron chi connectivity index (χ4n) is 3.98. The maximum Gasteiger partial charge on any atom is 0.0586 e. The summed E-state index contributed by atoms with van der Waals surface area (Å²) in [7, 11) is 1.87. The van der Waals surface area contributed by atoms with Crippen molar-refractivity contribution in [1.82, 2.24) is 5.32 Å². The summed E-state index contributed by atoms with van der Waals surface area (Å²) >= 11 is 0. The smallest absolute Gasteiger partial charge is 0.0586 e. The molecule has 2 rings (SSSR count). The molecule has 0 spiro atoms. The average Bonchev–Trinajstić information content (AvgIpc) is 2.39. The molecule has 0 bridgehead atoms. The topological polar surface area (TPSA) is 21.3 Å². The van der Waals surface area contributed by atoms with Crippen molar-refractivity contribution < 1.29 is 4.74 Å². The van der Waals surface area contributed by atoms with E-state index in [9.17, 15) is 0 Å². The van der Waals surface area contributed by atoms with Crippen LogP contribution in [0.3, 0.4) is 0 Å². The first-order chi connectivity index (χ1) is 8.70. The van der Waals surface area contributed by atoms with Crippen molar-refractivity contribution >= 4 is 0 Å². The summed E-state index contributed by atoms with van der Waals surface area (Å²) in [5, 5.41) is 3.97. The Balaban J connectivity index is 1.86. The van der Waals surface area contributed by atoms with Crippen molar-refractivity contribution in [3.05, 3.63) is 0 Å². The van der Waals surface area contributed by atoms with E-state index in [4.69, 9.17) is 4.74 Å². The molecule has 2 aliphatic rings. The highest BCUT2D eigenvalue weighted by Gasteiger charge is 2.30. The predicted molar refractivity (Wildman–Crippen MR) is 76.8 cm³/mol. The van der Waals surface area contributed by atoms with Gasteiger partial charge in [-0.05, 0) is 50.4 Å². The first-order valence-electron chi connectivity index (χ1n) is 7.99. The van der Waals surface area contributed by atoms with E-state index in [2.05, 4.69) is 19.2 Å². The number of nitrogens with one attached hydrogen (secondary N) is 1. The molecule has 18 heavy (non-hydrogen) atoms. The van der Waals surface area contributed by atoms with Gasteiger partial charge in [-0.1, -0.05) is 26.7 Å². The maximum atomic E-state index is 5.54. The Kier molecular flexibility index (Phi) is 5.50. The quantitative estimate of drug-likeness (QED) is 0.824. The predicted octanol–water partition coefficient (Wildman–Crippen LogP) is 3.75. The summed E-state index contributed by atoms with van der Waals surface area (Å²) in [6.45, 7) is 4.78. The highest BCUT2D eigenvalue weighted by molar-refractivity contribution is 4.88. The number of ether oxygens (including phenoxy) is 1. The molecule has 106 valence electrons. The van der Waals surface area contributed by atoms with E-state index < -0.39 is 0 Å². The molecule has 0 aliphatic heterocycles. The van der Waals surface area contributed by atoms with Crippen LogP contribution in [0.2, 0.25) is 0 Å². The molecular weight excluding hydrogens is 222 g/mol. The summed E-state index contributed by atoms with van der Waals surface area (Å²) in [6, 6.07) is 1.47. The Morgan fingerprint density at radius 2 is 1.78 bits per heavy atom. The molecule has 2 nitrogen and oxygen atoms in total. The van der Waals surface area contributed by atoms with Crippen LogP contribution >= 0.6 is 0 Å². The van der Waals surface area contributed by atoms with Crippen molar-refractivity contribution in [2.24, 2.45) is 11.8 Å². The third-order valence-corrected chi connectivity index (χ3v) is 5.08. The second-order valence-electron chi connectivity index (χ2n) is 6.69. The van der Waals surface area contributed by atoms with E-state index in [1.165, 1.54) is 51.4 Å². The number of hydrogen-bond donors (Lipinski definition) is 1. The van der Waals surface area contributed by atoms with Gasteiger partial charge in [0.2, 0.25) is 0 Å². The highest BCUT2D eigenvalue weighted by Crippen LogP contribution is 2.32. The van der Waals surface area contributed by atoms with Gasteiger partial charge >= 0.3 is 0 Å². The van der Waals surface area contributed by atoms with Gasteiger partial charge in [-0.15, -0.1) is 0 Å². The first-order valence-corrected chi connectivity index (χ1v) is 7.99. The number of rotatable bonds is 4. The zero-order valence-corrected chi connectivity index (χ0v) is 12.5. The lowest BCUT2D eigenvalue weighted by Gasteiger charge is -2.39. The molecule has 2 fully saturated rings. The van der Waals surface area contributed by atoms with Gasteiger partial charge in [0.1, 0.15) is 0 Å². The van der Waals surface area contributed by atoms with Gasteiger partial charge < -0.3 is 10.1 Å². The van der Waals surface area contributed by atoms with E-state index in [1.807, 2.05) is 7.11 Å². The molecule has 4 unspecified atom stereocenters. The zero-order valence-electron chi connectivity index (χ0n) is 12.5. The van der Waals surface area contributed by atoms with E-state index in [-0.39, 0.29) is 0 Å². The van der Waals surface area contributed by atoms with Crippen LogP contribution in [-0.2, 0) is 4.74 Å². The highest BCUT2D eigenvalue weighted by atomic mass is 16.5. The monoisotopic (exact) mass is 253 g/mol. The van der Waals surface area contributed by atoms with Crippen molar-refractivity contribution in [1.29, 1.82) is 0 Å². The van der Waals surface area contributed by atoms with Crippen molar-refractivity contribution in [2.75, 3.05) is 7.11 Å². The molecule has 1 N–H and O–H groups in total. The second kappa shape index (κ2) is 6.91. The van der Waals surface area contributed by atoms with Crippen LogP contribution in [0.5, 0.6) is 0 Å². The van der Waals surface area contributed by atoms with Crippen LogP contribution in [0, 0.1) is 11.8 Å². The van der Waals surface area contributed by atoms with Gasteiger partial charge in [-0.2, -0.15) is 0 Å². The van der Waals surface area contributed by atoms with Crippen LogP contribution < -0.4 is 5.32 Å². The number of hydrogen-bond acceptors (Lipinski definition) is 2. The van der Waals surface area contributed by atoms with Crippen molar-refractivity contribution in [3.8, 4) is 0 Å². The SMILES string of the molecule is COC1CCCC(NC2CCCCC2C(C)C)C1. The van der Waals surface area contributed by atoms with Crippen molar-refractivity contribution in [3.63, 3.8) is 0 Å². The summed E-state index contributed by atoms with van der Waals surface area (Å²) in [5.74, 6) is 1.71. The molecular formula is C16H31NO. The van der Waals surface area contributed by atoms with Crippen LogP contribution in [0.4, 0.5) is 0 Å². The van der Waals surface area contributed by atoms with Gasteiger partial charge in [0.05, 0.1) is 6.10 Å². The number of methoxy groups -OCH3 is 1. The van der Waals surface area contributed by atoms with Crippen LogP contribution in [0.1, 0.15) is 65.2 Å². The minimum Gasteiger partial charge on any atom is -0.381 e. The van der Waals surface area contributed by atoms with Gasteiger partial charge in [-0.25, -0.2) is 0 Å². The Bertz CT molecular complexity index is 241. The van der Waals surface area contributed by atoms with Gasteiger partial charge in [-0.3, -0.25) is 0 Å². The zero-order chi connectivity index (χ0) is 13.0. The van der Waals surface area contributed by atoms with Gasteiger partial charge in [0, 0.05) is 19.2 Å². The average molecular weight is 253 g/mol. The molecule has 0 radical (unpaired) electrons. The Hall–Kier alpha value is -0.0800. The fourth-order valence-corrected chi connectivity index (χ4v) is 3.98. The first kappa shape index (κ1) is 14.3. The van der Waals surface area contributed by atoms with Crippen molar-refractivity contribution in [2.45, 2.75) is 83.4 Å². The molecule has 0 aromatic carbocycles. The molecule has 2 aliphatic carbocycles. The molecule has 0 amide bonds. The van der Waals surface area contributed by atoms with Gasteiger partial charge in [0.25, 0.3) is 0 Å².